The third-order valence-corrected chi connectivity index (χ3v) is 5.32. The summed E-state index contributed by atoms with van der Waals surface area (Å²) in [6.07, 6.45) is 5.69. The number of hydrogen-bond donors (Lipinski definition) is 2. The maximum absolute atomic E-state index is 12.4. The van der Waals surface area contributed by atoms with Gasteiger partial charge in [0.25, 0.3) is 5.56 Å². The Morgan fingerprint density at radius 3 is 2.64 bits per heavy atom. The Hall–Kier alpha value is -2.28. The van der Waals surface area contributed by atoms with Gasteiger partial charge in [0.2, 0.25) is 5.91 Å². The maximum Gasteiger partial charge on any atom is 0.345 e. The summed E-state index contributed by atoms with van der Waals surface area (Å²) >= 11 is 3.68. The number of hydrogen-bond acceptors (Lipinski definition) is 7. The predicted octanol–water partition coefficient (Wildman–Crippen LogP) is -0.318. The first-order valence-electron chi connectivity index (χ1n) is 7.05. The van der Waals surface area contributed by atoms with Gasteiger partial charge in [-0.15, -0.1) is 3.71 Å². The van der Waals surface area contributed by atoms with Crippen molar-refractivity contribution in [2.24, 2.45) is 0 Å². The first-order valence-corrected chi connectivity index (χ1v) is 8.85. The van der Waals surface area contributed by atoms with Crippen molar-refractivity contribution in [3.8, 4) is 5.69 Å². The Kier molecular flexibility index (Phi) is 4.60. The molecule has 12 heteroatoms. The number of carbonyl (C=O) groups excluding carboxylic acids is 1. The summed E-state index contributed by atoms with van der Waals surface area (Å²) in [6, 6.07) is 2.03. The van der Waals surface area contributed by atoms with Crippen molar-refractivity contribution in [2.45, 2.75) is 12.5 Å². The summed E-state index contributed by atoms with van der Waals surface area (Å²) in [5.74, 6) is -0.246. The number of amides is 1. The summed E-state index contributed by atoms with van der Waals surface area (Å²) < 4.78 is 32.9. The zero-order valence-electron chi connectivity index (χ0n) is 12.6. The van der Waals surface area contributed by atoms with Gasteiger partial charge >= 0.3 is 10.3 Å². The fraction of sp³-hybridized carbons (Fsp3) is 0.231. The second-order valence-electron chi connectivity index (χ2n) is 5.20. The standard InChI is InChI=1S/C13H13N5O5S2/c19-12-8-14-4-6-16(12)9-1-2-11(15-7-9)17-5-3-10(13(17)20)18(24)25(21,22)23/h1-2,4,6-8,10,24H,3,5H2,(H,21,22,23). The largest absolute Gasteiger partial charge is 0.345 e. The highest BCUT2D eigenvalue weighted by atomic mass is 32.3. The average molecular weight is 383 g/mol. The molecule has 10 nitrogen and oxygen atoms in total. The smallest absolute Gasteiger partial charge is 0.295 e. The van der Waals surface area contributed by atoms with Crippen molar-refractivity contribution >= 4 is 34.8 Å². The molecular weight excluding hydrogens is 370 g/mol. The van der Waals surface area contributed by atoms with Gasteiger partial charge in [0.05, 0.1) is 18.1 Å². The summed E-state index contributed by atoms with van der Waals surface area (Å²) in [6.45, 7) is 0.220. The van der Waals surface area contributed by atoms with E-state index in [1.54, 1.807) is 12.1 Å². The molecule has 0 radical (unpaired) electrons. The van der Waals surface area contributed by atoms with Crippen LogP contribution in [0.3, 0.4) is 0 Å². The van der Waals surface area contributed by atoms with Crippen molar-refractivity contribution in [3.63, 3.8) is 0 Å². The van der Waals surface area contributed by atoms with Crippen molar-refractivity contribution in [2.75, 3.05) is 11.4 Å². The Bertz CT molecular complexity index is 959. The molecule has 2 aromatic rings. The van der Waals surface area contributed by atoms with E-state index in [2.05, 4.69) is 22.8 Å². The molecule has 1 aliphatic rings. The lowest BCUT2D eigenvalue weighted by Crippen LogP contribution is -2.40. The summed E-state index contributed by atoms with van der Waals surface area (Å²) in [5.41, 5.74) is 0.168. The van der Waals surface area contributed by atoms with E-state index in [0.29, 0.717) is 15.2 Å². The molecule has 25 heavy (non-hydrogen) atoms. The molecule has 1 saturated heterocycles. The molecule has 1 N–H and O–H groups in total. The monoisotopic (exact) mass is 383 g/mol. The van der Waals surface area contributed by atoms with E-state index in [0.717, 1.165) is 0 Å². The van der Waals surface area contributed by atoms with Gasteiger partial charge in [-0.2, -0.15) is 8.42 Å². The number of aromatic nitrogens is 3. The van der Waals surface area contributed by atoms with Crippen LogP contribution < -0.4 is 10.5 Å². The molecule has 0 aromatic carbocycles. The number of thiol groups is 1. The highest BCUT2D eigenvalue weighted by Gasteiger charge is 2.40. The highest BCUT2D eigenvalue weighted by Crippen LogP contribution is 2.25. The number of rotatable bonds is 4. The molecule has 1 aliphatic heterocycles. The molecule has 0 bridgehead atoms. The first kappa shape index (κ1) is 17.5. The first-order chi connectivity index (χ1) is 11.8. The van der Waals surface area contributed by atoms with E-state index < -0.39 is 22.3 Å². The summed E-state index contributed by atoms with van der Waals surface area (Å²) in [5, 5.41) is 0. The van der Waals surface area contributed by atoms with Gasteiger partial charge in [0.1, 0.15) is 11.9 Å². The Morgan fingerprint density at radius 2 is 2.04 bits per heavy atom. The molecule has 1 unspecified atom stereocenters. The molecule has 1 atom stereocenters. The van der Waals surface area contributed by atoms with Crippen molar-refractivity contribution in [1.82, 2.24) is 18.2 Å². The topological polar surface area (TPSA) is 126 Å². The molecule has 2 aromatic heterocycles. The molecule has 1 fully saturated rings. The lowest BCUT2D eigenvalue weighted by Gasteiger charge is -2.19. The van der Waals surface area contributed by atoms with Gasteiger partial charge < -0.3 is 0 Å². The fourth-order valence-corrected chi connectivity index (χ4v) is 3.23. The van der Waals surface area contributed by atoms with Crippen LogP contribution in [0.15, 0.2) is 41.7 Å². The van der Waals surface area contributed by atoms with Crippen LogP contribution in [0, 0.1) is 0 Å². The highest BCUT2D eigenvalue weighted by molar-refractivity contribution is 7.96. The Labute approximate surface area is 148 Å². The van der Waals surface area contributed by atoms with E-state index in [1.807, 2.05) is 0 Å². The molecule has 0 spiro atoms. The molecule has 0 saturated carbocycles. The molecule has 1 amide bonds. The molecule has 0 aliphatic carbocycles. The predicted molar refractivity (Wildman–Crippen MR) is 90.8 cm³/mol. The molecule has 3 rings (SSSR count). The van der Waals surface area contributed by atoms with E-state index in [-0.39, 0.29) is 18.5 Å². The average Bonchev–Trinajstić information content (AvgIpc) is 2.95. The summed E-state index contributed by atoms with van der Waals surface area (Å²) in [4.78, 5) is 33.3. The minimum atomic E-state index is -4.59. The Morgan fingerprint density at radius 1 is 1.28 bits per heavy atom. The van der Waals surface area contributed by atoms with E-state index in [1.165, 1.54) is 34.3 Å². The van der Waals surface area contributed by atoms with Crippen LogP contribution in [0.25, 0.3) is 5.69 Å². The van der Waals surface area contributed by atoms with Gasteiger partial charge in [0.15, 0.2) is 0 Å². The van der Waals surface area contributed by atoms with E-state index >= 15 is 0 Å². The fourth-order valence-electron chi connectivity index (χ4n) is 2.50. The quantitative estimate of drug-likeness (QED) is 0.547. The van der Waals surface area contributed by atoms with Crippen LogP contribution in [0.5, 0.6) is 0 Å². The second-order valence-corrected chi connectivity index (χ2v) is 7.19. The second kappa shape index (κ2) is 6.55. The number of pyridine rings is 1. The molecular formula is C13H13N5O5S2. The van der Waals surface area contributed by atoms with Gasteiger partial charge in [-0.3, -0.25) is 28.6 Å². The third kappa shape index (κ3) is 3.42. The van der Waals surface area contributed by atoms with Crippen LogP contribution in [-0.4, -0.2) is 49.7 Å². The normalized spacial score (nSPS) is 18.1. The minimum absolute atomic E-state index is 0.162. The minimum Gasteiger partial charge on any atom is -0.295 e. The molecule has 132 valence electrons. The van der Waals surface area contributed by atoms with Crippen LogP contribution in [0.2, 0.25) is 0 Å². The number of carbonyl (C=O) groups is 1. The zero-order chi connectivity index (χ0) is 18.2. The van der Waals surface area contributed by atoms with Crippen LogP contribution >= 0.6 is 12.8 Å². The van der Waals surface area contributed by atoms with Crippen molar-refractivity contribution in [3.05, 3.63) is 47.3 Å². The lowest BCUT2D eigenvalue weighted by atomic mass is 10.3. The lowest BCUT2D eigenvalue weighted by molar-refractivity contribution is -0.119. The van der Waals surface area contributed by atoms with Crippen LogP contribution in [0.4, 0.5) is 5.82 Å². The van der Waals surface area contributed by atoms with Crippen LogP contribution in [0.1, 0.15) is 6.42 Å². The van der Waals surface area contributed by atoms with E-state index in [4.69, 9.17) is 4.55 Å². The maximum atomic E-state index is 12.4. The summed E-state index contributed by atoms with van der Waals surface area (Å²) in [7, 11) is -4.59. The molecule has 3 heterocycles. The van der Waals surface area contributed by atoms with Crippen molar-refractivity contribution in [1.29, 1.82) is 0 Å². The third-order valence-electron chi connectivity index (χ3n) is 3.69. The van der Waals surface area contributed by atoms with Crippen molar-refractivity contribution < 1.29 is 17.8 Å². The number of nitrogens with zero attached hydrogens (tertiary/aromatic N) is 5. The van der Waals surface area contributed by atoms with Crippen LogP contribution in [-0.2, 0) is 15.1 Å². The van der Waals surface area contributed by atoms with Gasteiger partial charge in [-0.25, -0.2) is 4.98 Å². The van der Waals surface area contributed by atoms with Gasteiger partial charge in [-0.1, -0.05) is 12.8 Å². The van der Waals surface area contributed by atoms with Gasteiger partial charge in [-0.05, 0) is 18.6 Å². The number of anilines is 1. The SMILES string of the molecule is O=C1C(N(S)S(=O)(=O)O)CCN1c1ccc(-n2ccncc2=O)cn1. The Balaban J connectivity index is 1.83. The van der Waals surface area contributed by atoms with E-state index in [9.17, 15) is 18.0 Å². The zero-order valence-corrected chi connectivity index (χ0v) is 14.3. The van der Waals surface area contributed by atoms with Gasteiger partial charge in [0, 0.05) is 18.9 Å².